The van der Waals surface area contributed by atoms with E-state index in [9.17, 15) is 14.0 Å². The molecule has 2 aromatic heterocycles. The monoisotopic (exact) mass is 469 g/mol. The molecule has 1 spiro atoms. The zero-order chi connectivity index (χ0) is 23.2. The highest BCUT2D eigenvalue weighted by Crippen LogP contribution is 2.46. The second-order valence-corrected chi connectivity index (χ2v) is 9.49. The highest BCUT2D eigenvalue weighted by molar-refractivity contribution is 6.34. The van der Waals surface area contributed by atoms with Crippen LogP contribution in [-0.2, 0) is 4.79 Å². The molecular weight excluding hydrogens is 445 g/mol. The number of aromatic nitrogens is 3. The van der Waals surface area contributed by atoms with Crippen LogP contribution in [0, 0.1) is 18.2 Å². The lowest BCUT2D eigenvalue weighted by molar-refractivity contribution is -0.132. The smallest absolute Gasteiger partial charge is 0.256 e. The molecule has 0 unspecified atom stereocenters. The zero-order valence-electron chi connectivity index (χ0n) is 18.4. The number of nitrogens with zero attached hydrogens (tertiary/aromatic N) is 4. The van der Waals surface area contributed by atoms with Crippen LogP contribution in [0.25, 0.3) is 5.65 Å². The fourth-order valence-corrected chi connectivity index (χ4v) is 5.43. The molecule has 9 heteroatoms. The van der Waals surface area contributed by atoms with Crippen LogP contribution in [-0.4, -0.2) is 39.0 Å². The van der Waals surface area contributed by atoms with Crippen LogP contribution < -0.4 is 10.2 Å². The minimum Gasteiger partial charge on any atom is -0.349 e. The summed E-state index contributed by atoms with van der Waals surface area (Å²) in [5.41, 5.74) is 1.55. The Morgan fingerprint density at radius 2 is 2.06 bits per heavy atom. The maximum atomic E-state index is 13.9. The molecule has 0 atom stereocenters. The van der Waals surface area contributed by atoms with Crippen LogP contribution in [0.1, 0.15) is 54.4 Å². The minimum absolute atomic E-state index is 0.0124. The van der Waals surface area contributed by atoms with E-state index in [0.717, 1.165) is 12.8 Å². The van der Waals surface area contributed by atoms with Crippen LogP contribution in [0.15, 0.2) is 36.8 Å². The Hall–Kier alpha value is -3.00. The summed E-state index contributed by atoms with van der Waals surface area (Å²) in [7, 11) is 0. The van der Waals surface area contributed by atoms with E-state index in [4.69, 9.17) is 11.6 Å². The first kappa shape index (κ1) is 21.8. The summed E-state index contributed by atoms with van der Waals surface area (Å²) < 4.78 is 15.4. The van der Waals surface area contributed by atoms with E-state index in [1.165, 1.54) is 12.3 Å². The van der Waals surface area contributed by atoms with Crippen molar-refractivity contribution in [3.63, 3.8) is 0 Å². The summed E-state index contributed by atoms with van der Waals surface area (Å²) in [6, 6.07) is 4.68. The summed E-state index contributed by atoms with van der Waals surface area (Å²) in [5, 5.41) is 7.53. The molecule has 1 saturated carbocycles. The van der Waals surface area contributed by atoms with Gasteiger partial charge >= 0.3 is 0 Å². The van der Waals surface area contributed by atoms with E-state index in [2.05, 4.69) is 15.4 Å². The number of benzene rings is 1. The highest BCUT2D eigenvalue weighted by atomic mass is 35.5. The van der Waals surface area contributed by atoms with E-state index in [-0.39, 0.29) is 28.7 Å². The summed E-state index contributed by atoms with van der Waals surface area (Å²) in [6.07, 6.45) is 9.41. The van der Waals surface area contributed by atoms with Crippen molar-refractivity contribution in [3.8, 4) is 0 Å². The third-order valence-electron chi connectivity index (χ3n) is 7.06. The molecule has 33 heavy (non-hydrogen) atoms. The molecule has 1 aliphatic carbocycles. The van der Waals surface area contributed by atoms with Crippen LogP contribution in [0.4, 0.5) is 10.1 Å². The Bertz CT molecular complexity index is 1230. The minimum atomic E-state index is -0.461. The predicted molar refractivity (Wildman–Crippen MR) is 123 cm³/mol. The lowest BCUT2D eigenvalue weighted by atomic mass is 9.67. The van der Waals surface area contributed by atoms with Gasteiger partial charge in [-0.25, -0.2) is 13.9 Å². The number of carbonyl (C=O) groups excluding carboxylic acids is 2. The zero-order valence-corrected chi connectivity index (χ0v) is 19.1. The third-order valence-corrected chi connectivity index (χ3v) is 7.36. The molecule has 7 nitrogen and oxygen atoms in total. The number of rotatable bonds is 3. The molecule has 0 bridgehead atoms. The Morgan fingerprint density at radius 3 is 2.85 bits per heavy atom. The van der Waals surface area contributed by atoms with E-state index in [1.807, 2.05) is 0 Å². The summed E-state index contributed by atoms with van der Waals surface area (Å²) in [4.78, 5) is 32.4. The summed E-state index contributed by atoms with van der Waals surface area (Å²) >= 11 is 6.30. The second-order valence-electron chi connectivity index (χ2n) is 9.09. The lowest BCUT2D eigenvalue weighted by Crippen LogP contribution is -2.52. The molecule has 2 aliphatic rings. The maximum absolute atomic E-state index is 13.9. The van der Waals surface area contributed by atoms with Crippen LogP contribution >= 0.6 is 11.6 Å². The number of hydrogen-bond acceptors (Lipinski definition) is 4. The van der Waals surface area contributed by atoms with Gasteiger partial charge in [-0.2, -0.15) is 5.10 Å². The van der Waals surface area contributed by atoms with Crippen molar-refractivity contribution in [1.82, 2.24) is 19.9 Å². The fourth-order valence-electron chi connectivity index (χ4n) is 5.18. The van der Waals surface area contributed by atoms with Gasteiger partial charge in [0.1, 0.15) is 11.4 Å². The van der Waals surface area contributed by atoms with Gasteiger partial charge in [-0.05, 0) is 69.2 Å². The number of amides is 2. The molecular formula is C24H25ClFN5O2. The van der Waals surface area contributed by atoms with E-state index in [0.29, 0.717) is 54.7 Å². The number of halogens is 2. The van der Waals surface area contributed by atoms with Crippen LogP contribution in [0.2, 0.25) is 5.02 Å². The number of carbonyl (C=O) groups is 2. The molecule has 3 heterocycles. The first-order valence-electron chi connectivity index (χ1n) is 11.2. The largest absolute Gasteiger partial charge is 0.349 e. The molecule has 2 amide bonds. The van der Waals surface area contributed by atoms with Gasteiger partial charge in [0, 0.05) is 30.4 Å². The molecule has 0 radical (unpaired) electrons. The van der Waals surface area contributed by atoms with Crippen molar-refractivity contribution in [2.45, 2.75) is 51.5 Å². The molecule has 1 N–H and O–H groups in total. The van der Waals surface area contributed by atoms with Gasteiger partial charge in [-0.15, -0.1) is 0 Å². The molecule has 172 valence electrons. The molecule has 3 aromatic rings. The number of aryl methyl sites for hydroxylation is 1. The predicted octanol–water partition coefficient (Wildman–Crippen LogP) is 4.32. The second kappa shape index (κ2) is 8.41. The highest BCUT2D eigenvalue weighted by Gasteiger charge is 2.46. The van der Waals surface area contributed by atoms with Gasteiger partial charge in [0.2, 0.25) is 5.91 Å². The first-order valence-corrected chi connectivity index (χ1v) is 11.6. The molecule has 1 aromatic carbocycles. The van der Waals surface area contributed by atoms with Gasteiger partial charge < -0.3 is 10.2 Å². The number of fused-ring (bicyclic) bond motifs is 1. The standard InChI is InChI=1S/C24H25ClFN5O2/c1-15-12-20(18(25)13-19(15)26)30-10-2-6-24(23(30)33)7-4-16(5-8-24)29-22(32)17-14-28-31-11-3-9-27-21(17)31/h3,9,11-14,16H,2,4-8,10H2,1H3,(H,29,32). The lowest BCUT2D eigenvalue weighted by Gasteiger charge is -2.45. The SMILES string of the molecule is Cc1cc(N2CCCC3(CCC(NC(=O)c4cnn5cccnc45)CC3)C2=O)c(Cl)cc1F. The van der Waals surface area contributed by atoms with Crippen molar-refractivity contribution in [2.75, 3.05) is 11.4 Å². The van der Waals surface area contributed by atoms with Gasteiger partial charge in [0.15, 0.2) is 5.65 Å². The van der Waals surface area contributed by atoms with Crippen molar-refractivity contribution < 1.29 is 14.0 Å². The Kier molecular flexibility index (Phi) is 5.56. The fraction of sp³-hybridized carbons (Fsp3) is 0.417. The van der Waals surface area contributed by atoms with Gasteiger partial charge in [0.05, 0.1) is 16.9 Å². The van der Waals surface area contributed by atoms with Crippen molar-refractivity contribution in [1.29, 1.82) is 0 Å². The summed E-state index contributed by atoms with van der Waals surface area (Å²) in [6.45, 7) is 2.25. The third kappa shape index (κ3) is 3.86. The average Bonchev–Trinajstić information content (AvgIpc) is 3.24. The van der Waals surface area contributed by atoms with E-state index in [1.54, 1.807) is 40.9 Å². The molecule has 5 rings (SSSR count). The number of hydrogen-bond donors (Lipinski definition) is 1. The van der Waals surface area contributed by atoms with Crippen LogP contribution in [0.5, 0.6) is 0 Å². The quantitative estimate of drug-likeness (QED) is 0.619. The van der Waals surface area contributed by atoms with E-state index < -0.39 is 5.41 Å². The van der Waals surface area contributed by atoms with Crippen LogP contribution in [0.3, 0.4) is 0 Å². The molecule has 1 saturated heterocycles. The number of nitrogens with one attached hydrogen (secondary N) is 1. The van der Waals surface area contributed by atoms with Gasteiger partial charge in [0.25, 0.3) is 5.91 Å². The van der Waals surface area contributed by atoms with Crippen molar-refractivity contribution >= 4 is 34.7 Å². The maximum Gasteiger partial charge on any atom is 0.256 e. The van der Waals surface area contributed by atoms with Gasteiger partial charge in [-0.1, -0.05) is 11.6 Å². The van der Waals surface area contributed by atoms with Gasteiger partial charge in [-0.3, -0.25) is 9.59 Å². The Labute approximate surface area is 195 Å². The Morgan fingerprint density at radius 1 is 1.27 bits per heavy atom. The molecule has 1 aliphatic heterocycles. The summed E-state index contributed by atoms with van der Waals surface area (Å²) in [5.74, 6) is -0.520. The van der Waals surface area contributed by atoms with Crippen molar-refractivity contribution in [2.24, 2.45) is 5.41 Å². The van der Waals surface area contributed by atoms with E-state index >= 15 is 0 Å². The Balaban J connectivity index is 1.28. The number of piperidine rings is 1. The van der Waals surface area contributed by atoms with Crippen molar-refractivity contribution in [3.05, 3.63) is 58.8 Å². The topological polar surface area (TPSA) is 79.6 Å². The first-order chi connectivity index (χ1) is 15.9. The average molecular weight is 470 g/mol. The normalized spacial score (nSPS) is 23.3. The number of anilines is 1. The molecule has 2 fully saturated rings.